The molecule has 0 aliphatic heterocycles. The van der Waals surface area contributed by atoms with Crippen LogP contribution in [0.2, 0.25) is 0 Å². The molecule has 0 radical (unpaired) electrons. The molecule has 0 fully saturated rings. The first-order valence-corrected chi connectivity index (χ1v) is 5.94. The van der Waals surface area contributed by atoms with Gasteiger partial charge in [-0.2, -0.15) is 0 Å². The van der Waals surface area contributed by atoms with Crippen LogP contribution in [0.1, 0.15) is 6.42 Å². The Kier molecular flexibility index (Phi) is 6.43. The topological polar surface area (TPSA) is 44.7 Å². The molecule has 17 heavy (non-hydrogen) atoms. The lowest BCUT2D eigenvalue weighted by Crippen LogP contribution is -2.19. The summed E-state index contributed by atoms with van der Waals surface area (Å²) in [6.45, 7) is 2.62. The molecule has 0 saturated heterocycles. The predicted octanol–water partition coefficient (Wildman–Crippen LogP) is 1.42. The Hall–Kier alpha value is -1.26. The van der Waals surface area contributed by atoms with E-state index in [1.165, 1.54) is 0 Å². The van der Waals surface area contributed by atoms with E-state index in [0.717, 1.165) is 30.9 Å². The molecule has 0 unspecified atom stereocenters. The molecule has 0 spiro atoms. The molecule has 0 aromatic heterocycles. The quantitative estimate of drug-likeness (QED) is 0.672. The van der Waals surface area contributed by atoms with Crippen LogP contribution in [-0.4, -0.2) is 50.4 Å². The van der Waals surface area contributed by atoms with Crippen LogP contribution >= 0.6 is 0 Å². The van der Waals surface area contributed by atoms with Gasteiger partial charge in [0, 0.05) is 25.4 Å². The monoisotopic (exact) mass is 238 g/mol. The molecule has 0 aliphatic carbocycles. The molecule has 4 nitrogen and oxygen atoms in total. The van der Waals surface area contributed by atoms with Gasteiger partial charge in [0.2, 0.25) is 0 Å². The van der Waals surface area contributed by atoms with Gasteiger partial charge >= 0.3 is 0 Å². The summed E-state index contributed by atoms with van der Waals surface area (Å²) >= 11 is 0. The molecule has 96 valence electrons. The van der Waals surface area contributed by atoms with E-state index in [4.69, 9.17) is 9.84 Å². The summed E-state index contributed by atoms with van der Waals surface area (Å²) in [5.41, 5.74) is 1.05. The minimum atomic E-state index is 0.221. The molecule has 0 saturated carbocycles. The Balaban J connectivity index is 2.29. The lowest BCUT2D eigenvalue weighted by molar-refractivity contribution is 0.261. The fraction of sp³-hybridized carbons (Fsp3) is 0.538. The number of ether oxygens (including phenoxy) is 1. The van der Waals surface area contributed by atoms with E-state index >= 15 is 0 Å². The van der Waals surface area contributed by atoms with Crippen molar-refractivity contribution in [3.63, 3.8) is 0 Å². The maximum absolute atomic E-state index is 8.67. The summed E-state index contributed by atoms with van der Waals surface area (Å²) in [7, 11) is 4.05. The third-order valence-electron chi connectivity index (χ3n) is 2.33. The largest absolute Gasteiger partial charge is 0.492 e. The molecule has 0 atom stereocenters. The SMILES string of the molecule is CN(C)CCOc1ccc(NCCCO)cc1. The molecular formula is C13H22N2O2. The maximum Gasteiger partial charge on any atom is 0.119 e. The first kappa shape index (κ1) is 13.8. The van der Waals surface area contributed by atoms with E-state index in [0.29, 0.717) is 6.61 Å². The van der Waals surface area contributed by atoms with Crippen LogP contribution in [0, 0.1) is 0 Å². The second-order valence-electron chi connectivity index (χ2n) is 4.18. The number of benzene rings is 1. The van der Waals surface area contributed by atoms with E-state index in [-0.39, 0.29) is 6.61 Å². The van der Waals surface area contributed by atoms with Crippen molar-refractivity contribution in [2.75, 3.05) is 45.7 Å². The number of nitrogens with one attached hydrogen (secondary N) is 1. The number of rotatable bonds is 8. The van der Waals surface area contributed by atoms with Gasteiger partial charge in [-0.25, -0.2) is 0 Å². The van der Waals surface area contributed by atoms with Crippen LogP contribution < -0.4 is 10.1 Å². The summed E-state index contributed by atoms with van der Waals surface area (Å²) in [5, 5.41) is 11.9. The van der Waals surface area contributed by atoms with E-state index < -0.39 is 0 Å². The zero-order valence-corrected chi connectivity index (χ0v) is 10.6. The van der Waals surface area contributed by atoms with Crippen molar-refractivity contribution in [3.05, 3.63) is 24.3 Å². The van der Waals surface area contributed by atoms with Crippen molar-refractivity contribution >= 4 is 5.69 Å². The Morgan fingerprint density at radius 2 is 1.94 bits per heavy atom. The van der Waals surface area contributed by atoms with Crippen molar-refractivity contribution in [2.45, 2.75) is 6.42 Å². The molecule has 0 amide bonds. The lowest BCUT2D eigenvalue weighted by Gasteiger charge is -2.11. The number of anilines is 1. The van der Waals surface area contributed by atoms with Crippen LogP contribution in [-0.2, 0) is 0 Å². The van der Waals surface area contributed by atoms with E-state index in [2.05, 4.69) is 10.2 Å². The van der Waals surface area contributed by atoms with Crippen LogP contribution in [0.15, 0.2) is 24.3 Å². The molecular weight excluding hydrogens is 216 g/mol. The average Bonchev–Trinajstić information content (AvgIpc) is 2.31. The highest BCUT2D eigenvalue weighted by atomic mass is 16.5. The highest BCUT2D eigenvalue weighted by Gasteiger charge is 1.96. The fourth-order valence-corrected chi connectivity index (χ4v) is 1.33. The molecule has 0 aliphatic rings. The predicted molar refractivity (Wildman–Crippen MR) is 70.7 cm³/mol. The Morgan fingerprint density at radius 1 is 1.24 bits per heavy atom. The zero-order chi connectivity index (χ0) is 12.5. The third kappa shape index (κ3) is 6.14. The molecule has 4 heteroatoms. The van der Waals surface area contributed by atoms with Gasteiger partial charge < -0.3 is 20.1 Å². The summed E-state index contributed by atoms with van der Waals surface area (Å²) in [6, 6.07) is 7.89. The Morgan fingerprint density at radius 3 is 2.53 bits per heavy atom. The smallest absolute Gasteiger partial charge is 0.119 e. The molecule has 0 bridgehead atoms. The fourth-order valence-electron chi connectivity index (χ4n) is 1.33. The van der Waals surface area contributed by atoms with Crippen LogP contribution in [0.5, 0.6) is 5.75 Å². The highest BCUT2D eigenvalue weighted by Crippen LogP contribution is 2.15. The number of hydrogen-bond donors (Lipinski definition) is 2. The first-order valence-electron chi connectivity index (χ1n) is 5.94. The lowest BCUT2D eigenvalue weighted by atomic mass is 10.3. The Bertz CT molecular complexity index is 299. The Labute approximate surface area is 103 Å². The van der Waals surface area contributed by atoms with E-state index in [1.807, 2.05) is 38.4 Å². The molecule has 0 heterocycles. The number of hydrogen-bond acceptors (Lipinski definition) is 4. The van der Waals surface area contributed by atoms with Gasteiger partial charge in [0.1, 0.15) is 12.4 Å². The third-order valence-corrected chi connectivity index (χ3v) is 2.33. The van der Waals surface area contributed by atoms with Gasteiger partial charge in [0.25, 0.3) is 0 Å². The van der Waals surface area contributed by atoms with E-state index in [9.17, 15) is 0 Å². The van der Waals surface area contributed by atoms with Crippen molar-refractivity contribution in [1.82, 2.24) is 4.90 Å². The number of nitrogens with zero attached hydrogens (tertiary/aromatic N) is 1. The summed E-state index contributed by atoms with van der Waals surface area (Å²) in [4.78, 5) is 2.09. The highest BCUT2D eigenvalue weighted by molar-refractivity contribution is 5.46. The van der Waals surface area contributed by atoms with Crippen LogP contribution in [0.3, 0.4) is 0 Å². The molecule has 1 aromatic carbocycles. The normalized spacial score (nSPS) is 10.6. The van der Waals surface area contributed by atoms with Gasteiger partial charge in [0.15, 0.2) is 0 Å². The summed E-state index contributed by atoms with van der Waals surface area (Å²) < 4.78 is 5.59. The van der Waals surface area contributed by atoms with Gasteiger partial charge in [-0.3, -0.25) is 0 Å². The second kappa shape index (κ2) is 7.92. The number of aliphatic hydroxyl groups excluding tert-OH is 1. The number of likely N-dealkylation sites (N-methyl/N-ethyl adjacent to an activating group) is 1. The summed E-state index contributed by atoms with van der Waals surface area (Å²) in [5.74, 6) is 0.888. The molecule has 1 rings (SSSR count). The average molecular weight is 238 g/mol. The van der Waals surface area contributed by atoms with Gasteiger partial charge in [-0.05, 0) is 44.8 Å². The summed E-state index contributed by atoms with van der Waals surface area (Å²) in [6.07, 6.45) is 0.765. The minimum absolute atomic E-state index is 0.221. The van der Waals surface area contributed by atoms with Gasteiger partial charge in [0.05, 0.1) is 0 Å². The van der Waals surface area contributed by atoms with Crippen LogP contribution in [0.25, 0.3) is 0 Å². The molecule has 2 N–H and O–H groups in total. The zero-order valence-electron chi connectivity index (χ0n) is 10.6. The first-order chi connectivity index (χ1) is 8.22. The van der Waals surface area contributed by atoms with Gasteiger partial charge in [-0.15, -0.1) is 0 Å². The van der Waals surface area contributed by atoms with E-state index in [1.54, 1.807) is 0 Å². The molecule has 1 aromatic rings. The maximum atomic E-state index is 8.67. The van der Waals surface area contributed by atoms with Gasteiger partial charge in [-0.1, -0.05) is 0 Å². The van der Waals surface area contributed by atoms with Crippen molar-refractivity contribution in [1.29, 1.82) is 0 Å². The minimum Gasteiger partial charge on any atom is -0.492 e. The van der Waals surface area contributed by atoms with Crippen LogP contribution in [0.4, 0.5) is 5.69 Å². The standard InChI is InChI=1S/C13H22N2O2/c1-15(2)9-11-17-13-6-4-12(5-7-13)14-8-3-10-16/h4-7,14,16H,3,8-11H2,1-2H3. The number of aliphatic hydroxyl groups is 1. The van der Waals surface area contributed by atoms with Crippen molar-refractivity contribution in [3.8, 4) is 5.75 Å². The van der Waals surface area contributed by atoms with Crippen molar-refractivity contribution in [2.24, 2.45) is 0 Å². The van der Waals surface area contributed by atoms with Crippen molar-refractivity contribution < 1.29 is 9.84 Å². The second-order valence-corrected chi connectivity index (χ2v) is 4.18.